The van der Waals surface area contributed by atoms with Gasteiger partial charge in [0.2, 0.25) is 6.29 Å². The Kier molecular flexibility index (Phi) is 3.90. The molecule has 0 heterocycles. The Morgan fingerprint density at radius 1 is 1.00 bits per heavy atom. The van der Waals surface area contributed by atoms with E-state index in [0.717, 1.165) is 49.9 Å². The molecule has 5 aliphatic carbocycles. The van der Waals surface area contributed by atoms with Crippen LogP contribution in [0.5, 0.6) is 0 Å². The molecule has 4 bridgehead atoms. The van der Waals surface area contributed by atoms with Crippen LogP contribution in [-0.2, 0) is 19.1 Å². The van der Waals surface area contributed by atoms with Crippen LogP contribution < -0.4 is 0 Å². The number of esters is 1. The van der Waals surface area contributed by atoms with Crippen LogP contribution in [0, 0.1) is 28.6 Å². The number of carboxylic acid groups (broad SMARTS) is 1. The molecule has 0 saturated heterocycles. The van der Waals surface area contributed by atoms with E-state index in [9.17, 15) is 14.7 Å². The van der Waals surface area contributed by atoms with Crippen molar-refractivity contribution in [3.63, 3.8) is 0 Å². The van der Waals surface area contributed by atoms with E-state index >= 15 is 0 Å². The summed E-state index contributed by atoms with van der Waals surface area (Å²) >= 11 is 0. The van der Waals surface area contributed by atoms with Crippen LogP contribution in [0.25, 0.3) is 0 Å². The number of carbonyl (C=O) groups excluding carboxylic acids is 1. The topological polar surface area (TPSA) is 72.8 Å². The molecule has 5 nitrogen and oxygen atoms in total. The third-order valence-electron chi connectivity index (χ3n) is 7.27. The van der Waals surface area contributed by atoms with Gasteiger partial charge in [0.1, 0.15) is 0 Å². The van der Waals surface area contributed by atoms with E-state index in [1.807, 2.05) is 0 Å². The second kappa shape index (κ2) is 5.72. The Morgan fingerprint density at radius 2 is 1.50 bits per heavy atom. The SMILES string of the molecule is COC(OC(=O)C1(C(=O)O)CCCC1)C12CC3CC(CC(C3)C1)C2. The second-order valence-electron chi connectivity index (χ2n) is 8.85. The summed E-state index contributed by atoms with van der Waals surface area (Å²) in [6.07, 6.45) is 8.84. The summed E-state index contributed by atoms with van der Waals surface area (Å²) in [5.74, 6) is 0.577. The van der Waals surface area contributed by atoms with Gasteiger partial charge >= 0.3 is 11.9 Å². The molecule has 0 aromatic heterocycles. The molecule has 0 aromatic carbocycles. The second-order valence-corrected chi connectivity index (χ2v) is 8.85. The molecule has 1 atom stereocenters. The van der Waals surface area contributed by atoms with E-state index in [2.05, 4.69) is 0 Å². The van der Waals surface area contributed by atoms with Crippen molar-refractivity contribution in [2.75, 3.05) is 7.11 Å². The number of rotatable bonds is 5. The Labute approximate surface area is 143 Å². The first-order valence-corrected chi connectivity index (χ1v) is 9.45. The van der Waals surface area contributed by atoms with Crippen LogP contribution >= 0.6 is 0 Å². The summed E-state index contributed by atoms with van der Waals surface area (Å²) < 4.78 is 11.4. The highest BCUT2D eigenvalue weighted by Crippen LogP contribution is 2.62. The zero-order valence-electron chi connectivity index (χ0n) is 14.5. The molecule has 5 heteroatoms. The van der Waals surface area contributed by atoms with Crippen LogP contribution in [0.15, 0.2) is 0 Å². The minimum Gasteiger partial charge on any atom is -0.480 e. The zero-order chi connectivity index (χ0) is 16.9. The van der Waals surface area contributed by atoms with E-state index in [-0.39, 0.29) is 5.41 Å². The molecule has 5 fully saturated rings. The molecule has 5 aliphatic rings. The van der Waals surface area contributed by atoms with Gasteiger partial charge in [-0.25, -0.2) is 0 Å². The largest absolute Gasteiger partial charge is 0.480 e. The fourth-order valence-electron chi connectivity index (χ4n) is 6.58. The van der Waals surface area contributed by atoms with Gasteiger partial charge < -0.3 is 14.6 Å². The first-order valence-electron chi connectivity index (χ1n) is 9.45. The van der Waals surface area contributed by atoms with Crippen molar-refractivity contribution >= 4 is 11.9 Å². The molecular formula is C19H28O5. The summed E-state index contributed by atoms with van der Waals surface area (Å²) in [6.45, 7) is 0. The Hall–Kier alpha value is -1.10. The molecule has 1 N–H and O–H groups in total. The molecule has 5 rings (SSSR count). The maximum atomic E-state index is 12.8. The van der Waals surface area contributed by atoms with Crippen molar-refractivity contribution in [3.8, 4) is 0 Å². The number of hydrogen-bond donors (Lipinski definition) is 1. The van der Waals surface area contributed by atoms with Gasteiger partial charge in [-0.2, -0.15) is 0 Å². The van der Waals surface area contributed by atoms with Crippen LogP contribution in [0.3, 0.4) is 0 Å². The summed E-state index contributed by atoms with van der Waals surface area (Å²) in [4.78, 5) is 24.5. The molecule has 5 saturated carbocycles. The van der Waals surface area contributed by atoms with Crippen molar-refractivity contribution in [2.24, 2.45) is 28.6 Å². The number of carbonyl (C=O) groups is 2. The molecule has 24 heavy (non-hydrogen) atoms. The zero-order valence-corrected chi connectivity index (χ0v) is 14.5. The smallest absolute Gasteiger partial charge is 0.325 e. The number of carboxylic acids is 1. The minimum absolute atomic E-state index is 0.0859. The van der Waals surface area contributed by atoms with Gasteiger partial charge in [-0.05, 0) is 69.1 Å². The number of ether oxygens (including phenoxy) is 2. The third-order valence-corrected chi connectivity index (χ3v) is 7.27. The standard InChI is InChI=1S/C19H28O5/c1-23-17(24-16(22)19(15(20)21)4-2-3-5-19)18-9-12-6-13(10-18)8-14(7-12)11-18/h12-14,17H,2-11H2,1H3,(H,20,21). The van der Waals surface area contributed by atoms with E-state index in [0.29, 0.717) is 12.8 Å². The van der Waals surface area contributed by atoms with Crippen molar-refractivity contribution in [3.05, 3.63) is 0 Å². The summed E-state index contributed by atoms with van der Waals surface area (Å²) in [7, 11) is 1.60. The van der Waals surface area contributed by atoms with Crippen LogP contribution in [0.4, 0.5) is 0 Å². The normalized spacial score (nSPS) is 40.5. The maximum Gasteiger partial charge on any atom is 0.325 e. The van der Waals surface area contributed by atoms with Gasteiger partial charge in [0.15, 0.2) is 5.41 Å². The Bertz CT molecular complexity index is 499. The Balaban J connectivity index is 1.54. The average Bonchev–Trinajstić information content (AvgIpc) is 3.02. The maximum absolute atomic E-state index is 12.8. The van der Waals surface area contributed by atoms with E-state index in [1.54, 1.807) is 7.11 Å². The molecule has 0 aliphatic heterocycles. The molecule has 0 spiro atoms. The molecule has 0 radical (unpaired) electrons. The van der Waals surface area contributed by atoms with Gasteiger partial charge in [-0.15, -0.1) is 0 Å². The number of hydrogen-bond acceptors (Lipinski definition) is 4. The van der Waals surface area contributed by atoms with E-state index < -0.39 is 23.6 Å². The van der Waals surface area contributed by atoms with Gasteiger partial charge in [0.25, 0.3) is 0 Å². The highest BCUT2D eigenvalue weighted by atomic mass is 16.7. The van der Waals surface area contributed by atoms with Crippen molar-refractivity contribution in [1.82, 2.24) is 0 Å². The number of methoxy groups -OCH3 is 1. The van der Waals surface area contributed by atoms with Gasteiger partial charge in [-0.3, -0.25) is 9.59 Å². The monoisotopic (exact) mass is 336 g/mol. The van der Waals surface area contributed by atoms with Crippen molar-refractivity contribution in [2.45, 2.75) is 70.5 Å². The fraction of sp³-hybridized carbons (Fsp3) is 0.895. The van der Waals surface area contributed by atoms with E-state index in [4.69, 9.17) is 9.47 Å². The highest BCUT2D eigenvalue weighted by Gasteiger charge is 2.58. The molecular weight excluding hydrogens is 308 g/mol. The summed E-state index contributed by atoms with van der Waals surface area (Å²) in [5.41, 5.74) is -1.43. The molecule has 134 valence electrons. The molecule has 0 amide bonds. The average molecular weight is 336 g/mol. The van der Waals surface area contributed by atoms with Crippen LogP contribution in [-0.4, -0.2) is 30.4 Å². The highest BCUT2D eigenvalue weighted by molar-refractivity contribution is 5.99. The quantitative estimate of drug-likeness (QED) is 0.473. The summed E-state index contributed by atoms with van der Waals surface area (Å²) in [6, 6.07) is 0. The minimum atomic E-state index is -1.35. The predicted molar refractivity (Wildman–Crippen MR) is 86.0 cm³/mol. The fourth-order valence-corrected chi connectivity index (χ4v) is 6.58. The molecule has 1 unspecified atom stereocenters. The molecule has 0 aromatic rings. The van der Waals surface area contributed by atoms with Gasteiger partial charge in [0.05, 0.1) is 0 Å². The lowest BCUT2D eigenvalue weighted by molar-refractivity contribution is -0.242. The van der Waals surface area contributed by atoms with Gasteiger partial charge in [-0.1, -0.05) is 12.8 Å². The first kappa shape index (κ1) is 16.4. The lowest BCUT2D eigenvalue weighted by Crippen LogP contribution is -2.54. The van der Waals surface area contributed by atoms with Crippen LogP contribution in [0.1, 0.15) is 64.2 Å². The lowest BCUT2D eigenvalue weighted by Gasteiger charge is -2.58. The third kappa shape index (κ3) is 2.39. The van der Waals surface area contributed by atoms with Crippen LogP contribution in [0.2, 0.25) is 0 Å². The van der Waals surface area contributed by atoms with E-state index in [1.165, 1.54) is 19.3 Å². The van der Waals surface area contributed by atoms with Gasteiger partial charge in [0, 0.05) is 12.5 Å². The van der Waals surface area contributed by atoms with Crippen molar-refractivity contribution < 1.29 is 24.2 Å². The first-order chi connectivity index (χ1) is 11.5. The lowest BCUT2D eigenvalue weighted by atomic mass is 9.49. The van der Waals surface area contributed by atoms with Crippen molar-refractivity contribution in [1.29, 1.82) is 0 Å². The number of aliphatic carboxylic acids is 1. The Morgan fingerprint density at radius 3 is 1.92 bits per heavy atom. The predicted octanol–water partition coefficient (Wildman–Crippen LogP) is 3.36. The summed E-state index contributed by atoms with van der Waals surface area (Å²) in [5, 5.41) is 9.61.